The van der Waals surface area contributed by atoms with Crippen LogP contribution in [0.1, 0.15) is 81.8 Å². The van der Waals surface area contributed by atoms with Crippen molar-refractivity contribution in [2.75, 3.05) is 6.61 Å². The molecular formula is C25H32F4O4S. The van der Waals surface area contributed by atoms with E-state index >= 15 is 0 Å². The quantitative estimate of drug-likeness (QED) is 0.237. The highest BCUT2D eigenvalue weighted by atomic mass is 32.3. The van der Waals surface area contributed by atoms with Gasteiger partial charge >= 0.3 is 16.4 Å². The largest absolute Gasteiger partial charge is 0.494 e. The average Bonchev–Trinajstić information content (AvgIpc) is 3.05. The normalized spacial score (nSPS) is 29.8. The Hall–Kier alpha value is -1.64. The zero-order valence-electron chi connectivity index (χ0n) is 19.4. The average molecular weight is 505 g/mol. The number of aryl methyl sites for hydroxylation is 1. The number of rotatable bonds is 8. The van der Waals surface area contributed by atoms with E-state index < -0.39 is 34.5 Å². The molecule has 34 heavy (non-hydrogen) atoms. The van der Waals surface area contributed by atoms with Crippen LogP contribution in [0.4, 0.5) is 17.1 Å². The summed E-state index contributed by atoms with van der Waals surface area (Å²) in [6.45, 7) is 2.38. The van der Waals surface area contributed by atoms with Crippen LogP contribution < -0.4 is 4.74 Å². The number of Topliss-reactive ketones (excluding diaryl/α,β-unsaturated/α-hetero) is 1. The second kappa shape index (κ2) is 9.43. The third-order valence-corrected chi connectivity index (χ3v) is 9.65. The SMILES string of the molecule is C[C@]12CC[C@@H]3c4ccc(OCCCCC(CC(F)(F)F)S(=O)(=O)F)cc4CC[C@H]3[C@@H]1CCC2=O. The second-order valence-corrected chi connectivity index (χ2v) is 12.1. The molecule has 0 bridgehead atoms. The van der Waals surface area contributed by atoms with E-state index in [1.165, 1.54) is 11.1 Å². The Labute approximate surface area is 198 Å². The topological polar surface area (TPSA) is 60.4 Å². The Morgan fingerprint density at radius 2 is 1.91 bits per heavy atom. The van der Waals surface area contributed by atoms with Crippen LogP contribution in [0.3, 0.4) is 0 Å². The van der Waals surface area contributed by atoms with Crippen molar-refractivity contribution >= 4 is 16.0 Å². The van der Waals surface area contributed by atoms with Crippen molar-refractivity contribution in [1.29, 1.82) is 0 Å². The Morgan fingerprint density at radius 1 is 1.15 bits per heavy atom. The summed E-state index contributed by atoms with van der Waals surface area (Å²) in [5.74, 6) is 2.59. The smallest absolute Gasteiger partial charge is 0.390 e. The van der Waals surface area contributed by atoms with Gasteiger partial charge in [0.2, 0.25) is 0 Å². The minimum atomic E-state index is -5.25. The van der Waals surface area contributed by atoms with Crippen LogP contribution in [0.5, 0.6) is 5.75 Å². The Balaban J connectivity index is 1.31. The third kappa shape index (κ3) is 5.29. The van der Waals surface area contributed by atoms with Crippen LogP contribution >= 0.6 is 0 Å². The number of unbranched alkanes of at least 4 members (excludes halogenated alkanes) is 1. The number of fused-ring (bicyclic) bond motifs is 5. The lowest BCUT2D eigenvalue weighted by Crippen LogP contribution is -2.42. The Kier molecular flexibility index (Phi) is 7.06. The molecule has 5 atom stereocenters. The van der Waals surface area contributed by atoms with Crippen molar-refractivity contribution in [3.8, 4) is 5.75 Å². The molecule has 3 aliphatic rings. The van der Waals surface area contributed by atoms with Crippen molar-refractivity contribution < 1.29 is 35.0 Å². The van der Waals surface area contributed by atoms with Crippen molar-refractivity contribution in [2.45, 2.75) is 88.5 Å². The minimum absolute atomic E-state index is 0.122. The number of carbonyl (C=O) groups is 1. The highest BCUT2D eigenvalue weighted by molar-refractivity contribution is 7.87. The van der Waals surface area contributed by atoms with Gasteiger partial charge in [0.1, 0.15) is 11.5 Å². The molecule has 4 nitrogen and oxygen atoms in total. The van der Waals surface area contributed by atoms with Gasteiger partial charge in [0, 0.05) is 11.8 Å². The number of hydrogen-bond donors (Lipinski definition) is 0. The lowest BCUT2D eigenvalue weighted by molar-refractivity contribution is -0.135. The van der Waals surface area contributed by atoms with Crippen molar-refractivity contribution in [2.24, 2.45) is 17.3 Å². The molecule has 0 saturated heterocycles. The lowest BCUT2D eigenvalue weighted by atomic mass is 9.55. The summed E-state index contributed by atoms with van der Waals surface area (Å²) < 4.78 is 78.5. The molecule has 4 rings (SSSR count). The molecule has 2 saturated carbocycles. The van der Waals surface area contributed by atoms with Crippen molar-refractivity contribution in [3.63, 3.8) is 0 Å². The van der Waals surface area contributed by atoms with Gasteiger partial charge < -0.3 is 4.74 Å². The molecule has 0 heterocycles. The van der Waals surface area contributed by atoms with Crippen LogP contribution in [0.2, 0.25) is 0 Å². The molecule has 1 unspecified atom stereocenters. The maximum absolute atomic E-state index is 13.2. The zero-order valence-corrected chi connectivity index (χ0v) is 20.2. The molecule has 190 valence electrons. The van der Waals surface area contributed by atoms with E-state index in [1.807, 2.05) is 12.1 Å². The fraction of sp³-hybridized carbons (Fsp3) is 0.720. The number of hydrogen-bond acceptors (Lipinski definition) is 4. The van der Waals surface area contributed by atoms with Gasteiger partial charge in [0.25, 0.3) is 0 Å². The Morgan fingerprint density at radius 3 is 2.62 bits per heavy atom. The van der Waals surface area contributed by atoms with E-state index in [-0.39, 0.29) is 18.4 Å². The molecule has 2 fully saturated rings. The maximum Gasteiger partial charge on any atom is 0.390 e. The molecule has 0 amide bonds. The van der Waals surface area contributed by atoms with E-state index in [9.17, 15) is 30.3 Å². The van der Waals surface area contributed by atoms with Gasteiger partial charge in [-0.15, -0.1) is 3.89 Å². The van der Waals surface area contributed by atoms with Gasteiger partial charge in [-0.25, -0.2) is 0 Å². The van der Waals surface area contributed by atoms with E-state index in [0.717, 1.165) is 32.1 Å². The molecule has 0 radical (unpaired) electrons. The summed E-state index contributed by atoms with van der Waals surface area (Å²) in [6, 6.07) is 6.04. The number of ketones is 1. The first kappa shape index (κ1) is 25.5. The second-order valence-electron chi connectivity index (χ2n) is 10.5. The fourth-order valence-electron chi connectivity index (χ4n) is 6.68. The van der Waals surface area contributed by atoms with Gasteiger partial charge in [0.05, 0.1) is 18.3 Å². The molecule has 1 aromatic carbocycles. The summed E-state index contributed by atoms with van der Waals surface area (Å²) in [4.78, 5) is 12.5. The van der Waals surface area contributed by atoms with E-state index in [4.69, 9.17) is 4.74 Å². The summed E-state index contributed by atoms with van der Waals surface area (Å²) in [7, 11) is -5.25. The fourth-order valence-corrected chi connectivity index (χ4v) is 7.52. The number of carbonyl (C=O) groups excluding carboxylic acids is 1. The number of alkyl halides is 3. The summed E-state index contributed by atoms with van der Waals surface area (Å²) in [5.41, 5.74) is 2.44. The van der Waals surface area contributed by atoms with E-state index in [0.29, 0.717) is 42.1 Å². The predicted octanol–water partition coefficient (Wildman–Crippen LogP) is 6.28. The van der Waals surface area contributed by atoms with Crippen LogP contribution in [-0.4, -0.2) is 32.2 Å². The molecule has 1 aromatic rings. The number of ether oxygens (including phenoxy) is 1. The summed E-state index contributed by atoms with van der Waals surface area (Å²) in [6.07, 6.45) is -0.671. The van der Waals surface area contributed by atoms with E-state index in [1.54, 1.807) is 0 Å². The van der Waals surface area contributed by atoms with Gasteiger partial charge in [0.15, 0.2) is 0 Å². The maximum atomic E-state index is 13.2. The first-order valence-electron chi connectivity index (χ1n) is 12.2. The molecule has 3 aliphatic carbocycles. The molecule has 9 heteroatoms. The summed E-state index contributed by atoms with van der Waals surface area (Å²) in [5, 5.41) is -2.06. The monoisotopic (exact) mass is 504 g/mol. The predicted molar refractivity (Wildman–Crippen MR) is 120 cm³/mol. The van der Waals surface area contributed by atoms with Crippen molar-refractivity contribution in [1.82, 2.24) is 0 Å². The molecule has 0 spiro atoms. The van der Waals surface area contributed by atoms with Gasteiger partial charge in [-0.2, -0.15) is 21.6 Å². The van der Waals surface area contributed by atoms with Crippen molar-refractivity contribution in [3.05, 3.63) is 29.3 Å². The first-order chi connectivity index (χ1) is 15.9. The standard InChI is InChI=1S/C25H32F4O4S/c1-24-12-11-20-19-8-6-17(14-16(19)5-7-21(20)22(24)9-10-23(24)30)33-13-3-2-4-18(34(29,31)32)15-25(26,27)28/h6,8,14,18,20-22H,2-5,7,9-13,15H2,1H3/t18?,20-,21-,22+,24+/m1/s1. The molecule has 0 N–H and O–H groups in total. The third-order valence-electron chi connectivity index (χ3n) is 8.45. The highest BCUT2D eigenvalue weighted by Crippen LogP contribution is 2.59. The van der Waals surface area contributed by atoms with Gasteiger partial charge in [-0.3, -0.25) is 4.79 Å². The number of benzene rings is 1. The first-order valence-corrected chi connectivity index (χ1v) is 13.6. The molecular weight excluding hydrogens is 472 g/mol. The zero-order chi connectivity index (χ0) is 24.7. The van der Waals surface area contributed by atoms with Crippen LogP contribution in [-0.2, 0) is 21.4 Å². The van der Waals surface area contributed by atoms with Gasteiger partial charge in [-0.05, 0) is 92.4 Å². The lowest BCUT2D eigenvalue weighted by Gasteiger charge is -2.48. The molecule has 0 aromatic heterocycles. The minimum Gasteiger partial charge on any atom is -0.494 e. The van der Waals surface area contributed by atoms with Gasteiger partial charge in [-0.1, -0.05) is 13.0 Å². The summed E-state index contributed by atoms with van der Waals surface area (Å²) >= 11 is 0. The highest BCUT2D eigenvalue weighted by Gasteiger charge is 2.54. The Bertz CT molecular complexity index is 1020. The number of halogens is 4. The van der Waals surface area contributed by atoms with Crippen LogP contribution in [0.15, 0.2) is 18.2 Å². The van der Waals surface area contributed by atoms with Crippen LogP contribution in [0, 0.1) is 17.3 Å². The molecule has 0 aliphatic heterocycles. The van der Waals surface area contributed by atoms with Crippen LogP contribution in [0.25, 0.3) is 0 Å². The van der Waals surface area contributed by atoms with E-state index in [2.05, 4.69) is 13.0 Å².